The van der Waals surface area contributed by atoms with Gasteiger partial charge in [-0.25, -0.2) is 8.42 Å². The van der Waals surface area contributed by atoms with Crippen LogP contribution in [-0.4, -0.2) is 36.3 Å². The van der Waals surface area contributed by atoms with Crippen molar-refractivity contribution in [1.29, 1.82) is 0 Å². The second kappa shape index (κ2) is 35.8. The highest BCUT2D eigenvalue weighted by atomic mass is 35.5. The normalized spacial score (nSPS) is 15.4. The van der Waals surface area contributed by atoms with Crippen molar-refractivity contribution in [3.05, 3.63) is 125 Å². The number of rotatable bonds is 38. The lowest BCUT2D eigenvalue weighted by Gasteiger charge is -2.27. The van der Waals surface area contributed by atoms with Crippen LogP contribution in [0.5, 0.6) is 0 Å². The fourth-order valence-corrected chi connectivity index (χ4v) is 12.0. The van der Waals surface area contributed by atoms with Crippen LogP contribution in [0, 0.1) is 0 Å². The standard InChI is InChI=1S/C61H99N2.C6H5ClO3S/c1-7-9-11-13-15-17-19-21-23-25-27-29-31-33-35-44-52-62-56-48-42-40-46-54(56)60(3,4)58(62)50-38-37-39-51-59-61(5,6)55-47-41-43-49-57(55)63(59)53-45-36-34-32-30-28-26-24-22-20-18-16-14-12-10-8-2;7-5-1-3-6(4-2-5)11(8,9)10/h37-43,46-51H,7-36,44-45,52-53H2,1-6H3;1-4H,(H,8,9,10)/q+1;/p-1. The van der Waals surface area contributed by atoms with Gasteiger partial charge in [0.25, 0.3) is 0 Å². The molecule has 2 aliphatic heterocycles. The van der Waals surface area contributed by atoms with Crippen LogP contribution in [-0.2, 0) is 20.9 Å². The summed E-state index contributed by atoms with van der Waals surface area (Å²) in [6, 6.07) is 23.3. The molecule has 412 valence electrons. The van der Waals surface area contributed by atoms with E-state index in [1.165, 1.54) is 264 Å². The predicted molar refractivity (Wildman–Crippen MR) is 321 cm³/mol. The molecule has 0 amide bonds. The van der Waals surface area contributed by atoms with Gasteiger partial charge < -0.3 is 9.45 Å². The fourth-order valence-electron chi connectivity index (χ4n) is 11.4. The number of halogens is 1. The molecular formula is C67H103ClN2O3S. The number of allylic oxidation sites excluding steroid dienone is 6. The van der Waals surface area contributed by atoms with Gasteiger partial charge in [-0.05, 0) is 68.7 Å². The van der Waals surface area contributed by atoms with Crippen molar-refractivity contribution in [2.45, 2.75) is 263 Å². The van der Waals surface area contributed by atoms with E-state index < -0.39 is 10.1 Å². The van der Waals surface area contributed by atoms with Crippen molar-refractivity contribution in [2.75, 3.05) is 18.0 Å². The molecule has 5 rings (SSSR count). The Morgan fingerprint density at radius 1 is 0.500 bits per heavy atom. The molecule has 0 spiro atoms. The average molecular weight is 1050 g/mol. The van der Waals surface area contributed by atoms with Gasteiger partial charge in [0.1, 0.15) is 16.7 Å². The summed E-state index contributed by atoms with van der Waals surface area (Å²) >= 11 is 5.46. The van der Waals surface area contributed by atoms with Gasteiger partial charge in [0.15, 0.2) is 5.71 Å². The van der Waals surface area contributed by atoms with Crippen LogP contribution < -0.4 is 4.90 Å². The Labute approximate surface area is 459 Å². The first-order valence-corrected chi connectivity index (χ1v) is 32.0. The lowest BCUT2D eigenvalue weighted by atomic mass is 9.81. The third-order valence-corrected chi connectivity index (χ3v) is 17.0. The van der Waals surface area contributed by atoms with Crippen LogP contribution in [0.2, 0.25) is 5.02 Å². The highest BCUT2D eigenvalue weighted by molar-refractivity contribution is 7.85. The number of anilines is 1. The number of nitrogens with zero attached hydrogens (tertiary/aromatic N) is 2. The molecule has 0 aromatic heterocycles. The van der Waals surface area contributed by atoms with E-state index in [2.05, 4.69) is 130 Å². The summed E-state index contributed by atoms with van der Waals surface area (Å²) < 4.78 is 33.7. The molecule has 5 nitrogen and oxygen atoms in total. The number of unbranched alkanes of at least 4 members (excludes halogenated alkanes) is 30. The van der Waals surface area contributed by atoms with Gasteiger partial charge in [-0.2, -0.15) is 4.58 Å². The summed E-state index contributed by atoms with van der Waals surface area (Å²) in [4.78, 5) is 2.38. The molecule has 2 heterocycles. The van der Waals surface area contributed by atoms with Gasteiger partial charge in [-0.1, -0.05) is 280 Å². The van der Waals surface area contributed by atoms with Crippen LogP contribution in [0.4, 0.5) is 11.4 Å². The van der Waals surface area contributed by atoms with Crippen LogP contribution in [0.3, 0.4) is 0 Å². The molecule has 0 saturated heterocycles. The van der Waals surface area contributed by atoms with Crippen molar-refractivity contribution in [3.8, 4) is 0 Å². The molecule has 0 saturated carbocycles. The van der Waals surface area contributed by atoms with E-state index in [1.54, 1.807) is 0 Å². The minimum absolute atomic E-state index is 0.00666. The van der Waals surface area contributed by atoms with Crippen LogP contribution in [0.25, 0.3) is 0 Å². The lowest BCUT2D eigenvalue weighted by Crippen LogP contribution is -2.27. The number of hydrogen-bond acceptors (Lipinski definition) is 4. The molecule has 74 heavy (non-hydrogen) atoms. The van der Waals surface area contributed by atoms with E-state index in [-0.39, 0.29) is 15.7 Å². The average Bonchev–Trinajstić information content (AvgIpc) is 3.73. The van der Waals surface area contributed by atoms with Crippen LogP contribution >= 0.6 is 11.6 Å². The molecule has 0 bridgehead atoms. The summed E-state index contributed by atoms with van der Waals surface area (Å²) in [7, 11) is -4.33. The van der Waals surface area contributed by atoms with Crippen LogP contribution in [0.1, 0.15) is 258 Å². The Bertz CT molecular complexity index is 2240. The van der Waals surface area contributed by atoms with Crippen molar-refractivity contribution in [2.24, 2.45) is 0 Å². The van der Waals surface area contributed by atoms with Crippen molar-refractivity contribution in [1.82, 2.24) is 0 Å². The Morgan fingerprint density at radius 3 is 1.39 bits per heavy atom. The topological polar surface area (TPSA) is 63.5 Å². The Morgan fingerprint density at radius 2 is 0.919 bits per heavy atom. The molecule has 0 N–H and O–H groups in total. The van der Waals surface area contributed by atoms with E-state index in [9.17, 15) is 13.0 Å². The van der Waals surface area contributed by atoms with Gasteiger partial charge in [0, 0.05) is 52.5 Å². The molecule has 0 unspecified atom stereocenters. The highest BCUT2D eigenvalue weighted by Gasteiger charge is 2.44. The molecule has 3 aromatic rings. The first-order valence-electron chi connectivity index (χ1n) is 30.2. The summed E-state index contributed by atoms with van der Waals surface area (Å²) in [5.41, 5.74) is 8.58. The predicted octanol–water partition coefficient (Wildman–Crippen LogP) is 20.6. The lowest BCUT2D eigenvalue weighted by molar-refractivity contribution is -0.438. The number of fused-ring (bicyclic) bond motifs is 2. The third-order valence-electron chi connectivity index (χ3n) is 15.9. The molecule has 7 heteroatoms. The Hall–Kier alpha value is -3.45. The van der Waals surface area contributed by atoms with E-state index in [4.69, 9.17) is 11.6 Å². The number of para-hydroxylation sites is 2. The number of hydrogen-bond donors (Lipinski definition) is 0. The zero-order valence-corrected chi connectivity index (χ0v) is 49.3. The Balaban J connectivity index is 0.000000951. The van der Waals surface area contributed by atoms with Crippen molar-refractivity contribution < 1.29 is 17.5 Å². The van der Waals surface area contributed by atoms with Gasteiger partial charge in [-0.15, -0.1) is 0 Å². The highest BCUT2D eigenvalue weighted by Crippen LogP contribution is 2.48. The molecule has 0 aliphatic carbocycles. The third kappa shape index (κ3) is 22.3. The zero-order valence-electron chi connectivity index (χ0n) is 47.8. The largest absolute Gasteiger partial charge is 0.744 e. The summed E-state index contributed by atoms with van der Waals surface area (Å²) in [5, 5.41) is 0.400. The van der Waals surface area contributed by atoms with E-state index in [1.807, 2.05) is 0 Å². The van der Waals surface area contributed by atoms with Gasteiger partial charge in [0.05, 0.1) is 10.3 Å². The summed E-state index contributed by atoms with van der Waals surface area (Å²) in [6.07, 6.45) is 56.9. The van der Waals surface area contributed by atoms with Crippen molar-refractivity contribution >= 4 is 38.8 Å². The van der Waals surface area contributed by atoms with Gasteiger partial charge in [0.2, 0.25) is 5.69 Å². The zero-order chi connectivity index (χ0) is 53.3. The minimum atomic E-state index is -4.33. The molecular weight excluding hydrogens is 948 g/mol. The Kier molecular flexibility index (Phi) is 30.5. The SMILES string of the molecule is CCCCCCCCCCCCCCCCCCN1C(=CC=CC=CC2=[N+](CCCCCCCCCCCCCCCCCC)c3ccccc3C2(C)C)C(C)(C)c2ccccc21.O=S(=O)([O-])c1ccc(Cl)cc1. The maximum Gasteiger partial charge on any atom is 0.209 e. The van der Waals surface area contributed by atoms with Gasteiger partial charge in [-0.3, -0.25) is 0 Å². The number of benzene rings is 3. The minimum Gasteiger partial charge on any atom is -0.744 e. The molecule has 2 aliphatic rings. The maximum absolute atomic E-state index is 10.3. The maximum atomic E-state index is 10.3. The first kappa shape index (κ1) is 63.1. The van der Waals surface area contributed by atoms with E-state index in [0.29, 0.717) is 5.02 Å². The quantitative estimate of drug-likeness (QED) is 0.0248. The molecule has 0 radical (unpaired) electrons. The van der Waals surface area contributed by atoms with Crippen molar-refractivity contribution in [3.63, 3.8) is 0 Å². The van der Waals surface area contributed by atoms with Gasteiger partial charge >= 0.3 is 0 Å². The summed E-state index contributed by atoms with van der Waals surface area (Å²) in [6.45, 7) is 16.5. The van der Waals surface area contributed by atoms with Crippen LogP contribution in [0.15, 0.2) is 114 Å². The molecule has 3 aromatic carbocycles. The second-order valence-corrected chi connectivity index (χ2v) is 24.6. The second-order valence-electron chi connectivity index (χ2n) is 22.8. The molecule has 0 fully saturated rings. The monoisotopic (exact) mass is 1050 g/mol. The molecule has 0 atom stereocenters. The summed E-state index contributed by atoms with van der Waals surface area (Å²) in [5.74, 6) is 0. The smallest absolute Gasteiger partial charge is 0.209 e. The van der Waals surface area contributed by atoms with E-state index in [0.717, 1.165) is 13.1 Å². The first-order chi connectivity index (χ1) is 35.8. The van der Waals surface area contributed by atoms with E-state index >= 15 is 0 Å². The fraction of sp³-hybridized carbons (Fsp3) is 0.627.